The lowest BCUT2D eigenvalue weighted by molar-refractivity contribution is -0.121. The second kappa shape index (κ2) is 5.67. The van der Waals surface area contributed by atoms with Gasteiger partial charge in [0.15, 0.2) is 0 Å². The Morgan fingerprint density at radius 2 is 2.35 bits per heavy atom. The third-order valence-electron chi connectivity index (χ3n) is 4.20. The fourth-order valence-corrected chi connectivity index (χ4v) is 3.12. The summed E-state index contributed by atoms with van der Waals surface area (Å²) < 4.78 is 0. The van der Waals surface area contributed by atoms with Crippen LogP contribution in [0.1, 0.15) is 18.4 Å². The van der Waals surface area contributed by atoms with E-state index in [0.717, 1.165) is 26.1 Å². The number of hydrogen-bond acceptors (Lipinski definition) is 2. The molecule has 2 N–H and O–H groups in total. The number of hydrogen-bond donors (Lipinski definition) is 2. The maximum atomic E-state index is 11.4. The number of nitrogens with zero attached hydrogens (tertiary/aromatic N) is 1. The predicted molar refractivity (Wildman–Crippen MR) is 80.4 cm³/mol. The van der Waals surface area contributed by atoms with E-state index in [1.54, 1.807) is 7.05 Å². The number of carbonyl (C=O) groups excluding carboxylic acids is 1. The molecule has 1 aromatic carbocycles. The first-order chi connectivity index (χ1) is 9.76. The summed E-state index contributed by atoms with van der Waals surface area (Å²) in [6, 6.07) is 8.55. The monoisotopic (exact) mass is 271 g/mol. The van der Waals surface area contributed by atoms with Crippen molar-refractivity contribution in [3.05, 3.63) is 36.0 Å². The van der Waals surface area contributed by atoms with E-state index in [2.05, 4.69) is 39.5 Å². The summed E-state index contributed by atoms with van der Waals surface area (Å²) in [6.07, 6.45) is 3.77. The Morgan fingerprint density at radius 1 is 1.45 bits per heavy atom. The number of carbonyl (C=O) groups is 1. The third kappa shape index (κ3) is 2.70. The molecule has 1 atom stereocenters. The van der Waals surface area contributed by atoms with Crippen molar-refractivity contribution >= 4 is 16.8 Å². The van der Waals surface area contributed by atoms with Gasteiger partial charge in [0.05, 0.1) is 0 Å². The molecule has 1 amide bonds. The Labute approximate surface area is 119 Å². The topological polar surface area (TPSA) is 48.1 Å². The summed E-state index contributed by atoms with van der Waals surface area (Å²) in [4.78, 5) is 17.1. The van der Waals surface area contributed by atoms with Gasteiger partial charge in [-0.3, -0.25) is 9.69 Å². The number of aromatic amines is 1. The molecule has 1 saturated heterocycles. The normalized spacial score (nSPS) is 19.6. The van der Waals surface area contributed by atoms with Crippen LogP contribution in [0, 0.1) is 5.92 Å². The number of rotatable bonds is 4. The largest absolute Gasteiger partial charge is 0.361 e. The second-order valence-electron chi connectivity index (χ2n) is 5.62. The Bertz CT molecular complexity index is 605. The molecule has 2 heterocycles. The minimum atomic E-state index is 0.157. The molecule has 106 valence electrons. The van der Waals surface area contributed by atoms with Gasteiger partial charge in [0.2, 0.25) is 5.91 Å². The Kier molecular flexibility index (Phi) is 3.74. The molecular weight excluding hydrogens is 250 g/mol. The fraction of sp³-hybridized carbons (Fsp3) is 0.438. The van der Waals surface area contributed by atoms with Crippen molar-refractivity contribution in [2.45, 2.75) is 19.4 Å². The van der Waals surface area contributed by atoms with E-state index in [9.17, 15) is 4.79 Å². The van der Waals surface area contributed by atoms with Crippen molar-refractivity contribution in [3.63, 3.8) is 0 Å². The van der Waals surface area contributed by atoms with Crippen LogP contribution >= 0.6 is 0 Å². The van der Waals surface area contributed by atoms with Crippen molar-refractivity contribution in [1.29, 1.82) is 0 Å². The number of likely N-dealkylation sites (tertiary alicyclic amines) is 1. The zero-order valence-electron chi connectivity index (χ0n) is 11.9. The molecule has 0 spiro atoms. The number of nitrogens with one attached hydrogen (secondary N) is 2. The molecule has 0 unspecified atom stereocenters. The molecule has 0 aliphatic carbocycles. The van der Waals surface area contributed by atoms with Gasteiger partial charge < -0.3 is 10.3 Å². The summed E-state index contributed by atoms with van der Waals surface area (Å²) in [7, 11) is 1.71. The van der Waals surface area contributed by atoms with E-state index in [1.807, 2.05) is 6.20 Å². The fourth-order valence-electron chi connectivity index (χ4n) is 3.12. The van der Waals surface area contributed by atoms with Gasteiger partial charge in [0.25, 0.3) is 0 Å². The summed E-state index contributed by atoms with van der Waals surface area (Å²) in [5.74, 6) is 0.657. The van der Waals surface area contributed by atoms with E-state index >= 15 is 0 Å². The van der Waals surface area contributed by atoms with E-state index in [1.165, 1.54) is 16.5 Å². The lowest BCUT2D eigenvalue weighted by Gasteiger charge is -2.16. The number of H-pyrrole nitrogens is 1. The van der Waals surface area contributed by atoms with Crippen LogP contribution in [-0.2, 0) is 11.3 Å². The third-order valence-corrected chi connectivity index (χ3v) is 4.20. The molecule has 1 fully saturated rings. The number of aromatic nitrogens is 1. The lowest BCUT2D eigenvalue weighted by Crippen LogP contribution is -2.24. The van der Waals surface area contributed by atoms with Crippen molar-refractivity contribution in [1.82, 2.24) is 15.2 Å². The van der Waals surface area contributed by atoms with Crippen LogP contribution in [0.25, 0.3) is 10.9 Å². The highest BCUT2D eigenvalue weighted by molar-refractivity contribution is 5.82. The number of amides is 1. The first kappa shape index (κ1) is 13.2. The van der Waals surface area contributed by atoms with Gasteiger partial charge in [-0.05, 0) is 36.6 Å². The van der Waals surface area contributed by atoms with Crippen LogP contribution < -0.4 is 5.32 Å². The van der Waals surface area contributed by atoms with Gasteiger partial charge in [-0.2, -0.15) is 0 Å². The summed E-state index contributed by atoms with van der Waals surface area (Å²) >= 11 is 0. The highest BCUT2D eigenvalue weighted by Gasteiger charge is 2.24. The van der Waals surface area contributed by atoms with Crippen LogP contribution in [0.4, 0.5) is 0 Å². The maximum Gasteiger partial charge on any atom is 0.220 e. The molecule has 0 bridgehead atoms. The predicted octanol–water partition coefficient (Wildman–Crippen LogP) is 2.13. The zero-order chi connectivity index (χ0) is 13.9. The molecule has 20 heavy (non-hydrogen) atoms. The maximum absolute atomic E-state index is 11.4. The molecule has 1 aliphatic heterocycles. The Hall–Kier alpha value is -1.81. The highest BCUT2D eigenvalue weighted by Crippen LogP contribution is 2.24. The number of benzene rings is 1. The molecule has 1 aliphatic rings. The van der Waals surface area contributed by atoms with E-state index in [-0.39, 0.29) is 5.91 Å². The van der Waals surface area contributed by atoms with Gasteiger partial charge in [-0.1, -0.05) is 12.1 Å². The van der Waals surface area contributed by atoms with Crippen molar-refractivity contribution in [2.24, 2.45) is 5.92 Å². The van der Waals surface area contributed by atoms with Crippen molar-refractivity contribution in [2.75, 3.05) is 20.1 Å². The second-order valence-corrected chi connectivity index (χ2v) is 5.62. The van der Waals surface area contributed by atoms with Crippen molar-refractivity contribution < 1.29 is 4.79 Å². The Morgan fingerprint density at radius 3 is 3.20 bits per heavy atom. The molecule has 1 aromatic heterocycles. The van der Waals surface area contributed by atoms with Gasteiger partial charge >= 0.3 is 0 Å². The van der Waals surface area contributed by atoms with Crippen LogP contribution in [0.2, 0.25) is 0 Å². The molecular formula is C16H21N3O. The molecule has 4 heteroatoms. The minimum absolute atomic E-state index is 0.157. The lowest BCUT2D eigenvalue weighted by atomic mass is 10.0. The van der Waals surface area contributed by atoms with Gasteiger partial charge in [0, 0.05) is 43.7 Å². The van der Waals surface area contributed by atoms with Crippen LogP contribution in [0.3, 0.4) is 0 Å². The number of fused-ring (bicyclic) bond motifs is 1. The zero-order valence-corrected chi connectivity index (χ0v) is 11.9. The van der Waals surface area contributed by atoms with Gasteiger partial charge in [0.1, 0.15) is 0 Å². The quantitative estimate of drug-likeness (QED) is 0.895. The van der Waals surface area contributed by atoms with E-state index in [0.29, 0.717) is 12.3 Å². The first-order valence-corrected chi connectivity index (χ1v) is 7.24. The van der Waals surface area contributed by atoms with E-state index in [4.69, 9.17) is 0 Å². The Balaban J connectivity index is 1.64. The minimum Gasteiger partial charge on any atom is -0.361 e. The summed E-state index contributed by atoms with van der Waals surface area (Å²) in [5, 5.41) is 4.02. The molecule has 0 saturated carbocycles. The van der Waals surface area contributed by atoms with Gasteiger partial charge in [-0.15, -0.1) is 0 Å². The van der Waals surface area contributed by atoms with Crippen LogP contribution in [0.5, 0.6) is 0 Å². The molecule has 2 aromatic rings. The SMILES string of the molecule is CNC(=O)C[C@@H]1CCN(Cc2cccc3[nH]ccc23)C1. The summed E-state index contributed by atoms with van der Waals surface area (Å²) in [6.45, 7) is 3.08. The standard InChI is InChI=1S/C16H21N3O/c1-17-16(20)9-12-6-8-19(10-12)11-13-3-2-4-15-14(13)5-7-18-15/h2-5,7,12,18H,6,8-11H2,1H3,(H,17,20)/t12-/m0/s1. The highest BCUT2D eigenvalue weighted by atomic mass is 16.1. The van der Waals surface area contributed by atoms with Crippen LogP contribution in [0.15, 0.2) is 30.5 Å². The first-order valence-electron chi connectivity index (χ1n) is 7.24. The van der Waals surface area contributed by atoms with Crippen LogP contribution in [-0.4, -0.2) is 35.9 Å². The molecule has 0 radical (unpaired) electrons. The van der Waals surface area contributed by atoms with E-state index < -0.39 is 0 Å². The average Bonchev–Trinajstić information content (AvgIpc) is 3.08. The van der Waals surface area contributed by atoms with Crippen molar-refractivity contribution in [3.8, 4) is 0 Å². The summed E-state index contributed by atoms with van der Waals surface area (Å²) in [5.41, 5.74) is 2.56. The average molecular weight is 271 g/mol. The van der Waals surface area contributed by atoms with Gasteiger partial charge in [-0.25, -0.2) is 0 Å². The molecule has 4 nitrogen and oxygen atoms in total. The molecule has 3 rings (SSSR count). The smallest absolute Gasteiger partial charge is 0.220 e.